The van der Waals surface area contributed by atoms with Gasteiger partial charge in [0.2, 0.25) is 5.16 Å². The SMILES string of the molecule is O=C(OCc1ccc(Cl)cc1)c1ccc(-n2nnnc2SCc2ccc(Cl)cc2)cc1. The normalized spacial score (nSPS) is 10.8. The Balaban J connectivity index is 1.39. The third kappa shape index (κ3) is 5.64. The van der Waals surface area contributed by atoms with Gasteiger partial charge in [0.15, 0.2) is 0 Å². The summed E-state index contributed by atoms with van der Waals surface area (Å²) in [7, 11) is 0. The highest BCUT2D eigenvalue weighted by Crippen LogP contribution is 2.23. The number of aromatic nitrogens is 4. The zero-order valence-electron chi connectivity index (χ0n) is 16.1. The molecule has 4 aromatic rings. The second kappa shape index (κ2) is 9.96. The Hall–Kier alpha value is -2.87. The second-order valence-electron chi connectivity index (χ2n) is 6.54. The van der Waals surface area contributed by atoms with Gasteiger partial charge in [-0.05, 0) is 70.1 Å². The minimum atomic E-state index is -0.407. The van der Waals surface area contributed by atoms with Gasteiger partial charge in [0, 0.05) is 15.8 Å². The van der Waals surface area contributed by atoms with Crippen LogP contribution in [0.5, 0.6) is 0 Å². The molecular weight excluding hydrogens is 455 g/mol. The van der Waals surface area contributed by atoms with Gasteiger partial charge in [-0.3, -0.25) is 0 Å². The quantitative estimate of drug-likeness (QED) is 0.258. The first-order chi connectivity index (χ1) is 15.1. The molecule has 1 aromatic heterocycles. The highest BCUT2D eigenvalue weighted by atomic mass is 35.5. The van der Waals surface area contributed by atoms with Crippen LogP contribution in [0.2, 0.25) is 10.0 Å². The Morgan fingerprint density at radius 3 is 2.13 bits per heavy atom. The number of ether oxygens (including phenoxy) is 1. The molecule has 0 atom stereocenters. The molecule has 9 heteroatoms. The molecule has 0 saturated carbocycles. The van der Waals surface area contributed by atoms with Gasteiger partial charge < -0.3 is 4.74 Å². The number of benzene rings is 3. The van der Waals surface area contributed by atoms with Gasteiger partial charge >= 0.3 is 5.97 Å². The van der Waals surface area contributed by atoms with Crippen molar-refractivity contribution in [3.63, 3.8) is 0 Å². The number of hydrogen-bond donors (Lipinski definition) is 0. The van der Waals surface area contributed by atoms with Crippen LogP contribution < -0.4 is 0 Å². The second-order valence-corrected chi connectivity index (χ2v) is 8.35. The van der Waals surface area contributed by atoms with Crippen molar-refractivity contribution in [1.29, 1.82) is 0 Å². The molecule has 1 heterocycles. The van der Waals surface area contributed by atoms with Crippen molar-refractivity contribution >= 4 is 40.9 Å². The fourth-order valence-electron chi connectivity index (χ4n) is 2.71. The lowest BCUT2D eigenvalue weighted by Crippen LogP contribution is -2.06. The number of thioether (sulfide) groups is 1. The fraction of sp³-hybridized carbons (Fsp3) is 0.0909. The van der Waals surface area contributed by atoms with E-state index in [9.17, 15) is 4.79 Å². The molecule has 0 saturated heterocycles. The van der Waals surface area contributed by atoms with Crippen molar-refractivity contribution in [2.24, 2.45) is 0 Å². The number of carbonyl (C=O) groups is 1. The summed E-state index contributed by atoms with van der Waals surface area (Å²) in [5.74, 6) is 0.294. The zero-order valence-corrected chi connectivity index (χ0v) is 18.4. The Labute approximate surface area is 193 Å². The van der Waals surface area contributed by atoms with Crippen molar-refractivity contribution in [3.05, 3.63) is 99.5 Å². The molecule has 156 valence electrons. The molecule has 0 unspecified atom stereocenters. The van der Waals surface area contributed by atoms with Crippen LogP contribution in [0.3, 0.4) is 0 Å². The van der Waals surface area contributed by atoms with Gasteiger partial charge in [0.05, 0.1) is 11.3 Å². The molecule has 0 bridgehead atoms. The average molecular weight is 471 g/mol. The summed E-state index contributed by atoms with van der Waals surface area (Å²) >= 11 is 13.3. The first-order valence-corrected chi connectivity index (χ1v) is 11.0. The smallest absolute Gasteiger partial charge is 0.338 e. The summed E-state index contributed by atoms with van der Waals surface area (Å²) < 4.78 is 6.99. The molecule has 0 N–H and O–H groups in total. The van der Waals surface area contributed by atoms with Gasteiger partial charge in [0.25, 0.3) is 0 Å². The van der Waals surface area contributed by atoms with Crippen LogP contribution in [0.15, 0.2) is 78.0 Å². The maximum atomic E-state index is 12.3. The van der Waals surface area contributed by atoms with Gasteiger partial charge in [-0.1, -0.05) is 59.2 Å². The van der Waals surface area contributed by atoms with E-state index in [4.69, 9.17) is 27.9 Å². The summed E-state index contributed by atoms with van der Waals surface area (Å²) in [6, 6.07) is 21.7. The minimum Gasteiger partial charge on any atom is -0.457 e. The monoisotopic (exact) mass is 470 g/mol. The predicted octanol–water partition coefficient (Wildman–Crippen LogP) is 5.62. The molecule has 0 aliphatic rings. The standard InChI is InChI=1S/C22H16Cl2N4O2S/c23-18-7-1-15(2-8-18)13-30-21(29)17-5-11-20(12-6-17)28-22(25-26-27-28)31-14-16-3-9-19(24)10-4-16/h1-12H,13-14H2. The van der Waals surface area contributed by atoms with E-state index in [0.717, 1.165) is 16.8 Å². The van der Waals surface area contributed by atoms with E-state index >= 15 is 0 Å². The van der Waals surface area contributed by atoms with E-state index in [1.807, 2.05) is 36.4 Å². The summed E-state index contributed by atoms with van der Waals surface area (Å²) in [5, 5.41) is 13.9. The summed E-state index contributed by atoms with van der Waals surface area (Å²) in [4.78, 5) is 12.3. The maximum absolute atomic E-state index is 12.3. The number of halogens is 2. The molecule has 4 rings (SSSR count). The Bertz CT molecular complexity index is 1160. The van der Waals surface area contributed by atoms with Gasteiger partial charge in [-0.2, -0.15) is 4.68 Å². The van der Waals surface area contributed by atoms with Crippen molar-refractivity contribution < 1.29 is 9.53 Å². The summed E-state index contributed by atoms with van der Waals surface area (Å²) in [6.45, 7) is 0.177. The van der Waals surface area contributed by atoms with Gasteiger partial charge in [-0.15, -0.1) is 5.10 Å². The van der Waals surface area contributed by atoms with Crippen LogP contribution in [0.4, 0.5) is 0 Å². The lowest BCUT2D eigenvalue weighted by Gasteiger charge is -2.07. The number of rotatable bonds is 7. The Morgan fingerprint density at radius 2 is 1.48 bits per heavy atom. The van der Waals surface area contributed by atoms with E-state index in [2.05, 4.69) is 15.5 Å². The highest BCUT2D eigenvalue weighted by Gasteiger charge is 2.12. The van der Waals surface area contributed by atoms with Crippen LogP contribution in [0.1, 0.15) is 21.5 Å². The molecule has 0 spiro atoms. The van der Waals surface area contributed by atoms with Gasteiger partial charge in [-0.25, -0.2) is 4.79 Å². The number of hydrogen-bond acceptors (Lipinski definition) is 6. The van der Waals surface area contributed by atoms with Crippen LogP contribution in [-0.2, 0) is 17.1 Å². The number of esters is 1. The highest BCUT2D eigenvalue weighted by molar-refractivity contribution is 7.98. The number of carbonyl (C=O) groups excluding carboxylic acids is 1. The third-order valence-corrected chi connectivity index (χ3v) is 5.85. The lowest BCUT2D eigenvalue weighted by atomic mass is 10.2. The largest absolute Gasteiger partial charge is 0.457 e. The van der Waals surface area contributed by atoms with Crippen molar-refractivity contribution in [2.75, 3.05) is 0 Å². The Kier molecular flexibility index (Phi) is 6.86. The summed E-state index contributed by atoms with van der Waals surface area (Å²) in [6.07, 6.45) is 0. The van der Waals surface area contributed by atoms with Crippen LogP contribution in [-0.4, -0.2) is 26.2 Å². The van der Waals surface area contributed by atoms with E-state index in [-0.39, 0.29) is 6.61 Å². The van der Waals surface area contributed by atoms with E-state index in [1.165, 1.54) is 11.8 Å². The first kappa shape index (κ1) is 21.4. The van der Waals surface area contributed by atoms with E-state index in [0.29, 0.717) is 26.5 Å². The van der Waals surface area contributed by atoms with Crippen LogP contribution in [0.25, 0.3) is 5.69 Å². The molecule has 0 amide bonds. The lowest BCUT2D eigenvalue weighted by molar-refractivity contribution is 0.0472. The first-order valence-electron chi connectivity index (χ1n) is 9.26. The van der Waals surface area contributed by atoms with Crippen LogP contribution in [0, 0.1) is 0 Å². The molecule has 0 fully saturated rings. The maximum Gasteiger partial charge on any atom is 0.338 e. The molecule has 0 radical (unpaired) electrons. The van der Waals surface area contributed by atoms with E-state index < -0.39 is 5.97 Å². The zero-order chi connectivity index (χ0) is 21.6. The summed E-state index contributed by atoms with van der Waals surface area (Å²) in [5.41, 5.74) is 3.17. The van der Waals surface area contributed by atoms with Gasteiger partial charge in [0.1, 0.15) is 6.61 Å². The molecular formula is C22H16Cl2N4O2S. The molecule has 0 aliphatic carbocycles. The Morgan fingerprint density at radius 1 is 0.871 bits per heavy atom. The van der Waals surface area contributed by atoms with Crippen molar-refractivity contribution in [1.82, 2.24) is 20.2 Å². The van der Waals surface area contributed by atoms with E-state index in [1.54, 1.807) is 41.1 Å². The molecule has 3 aromatic carbocycles. The third-order valence-electron chi connectivity index (χ3n) is 4.35. The van der Waals surface area contributed by atoms with Crippen molar-refractivity contribution in [2.45, 2.75) is 17.5 Å². The molecule has 31 heavy (non-hydrogen) atoms. The van der Waals surface area contributed by atoms with Crippen LogP contribution >= 0.6 is 35.0 Å². The van der Waals surface area contributed by atoms with Crippen molar-refractivity contribution in [3.8, 4) is 5.69 Å². The minimum absolute atomic E-state index is 0.177. The number of tetrazole rings is 1. The predicted molar refractivity (Wildman–Crippen MR) is 121 cm³/mol. The average Bonchev–Trinajstić information content (AvgIpc) is 3.27. The molecule has 6 nitrogen and oxygen atoms in total. The topological polar surface area (TPSA) is 69.9 Å². The number of nitrogens with zero attached hydrogens (tertiary/aromatic N) is 4. The molecule has 0 aliphatic heterocycles. The fourth-order valence-corrected chi connectivity index (χ4v) is 3.81.